The number of carbonyl (C=O) groups excluding carboxylic acids is 1. The molecule has 0 aliphatic carbocycles. The quantitative estimate of drug-likeness (QED) is 0.803. The molecule has 3 rings (SSSR count). The van der Waals surface area contributed by atoms with Crippen LogP contribution >= 0.6 is 0 Å². The van der Waals surface area contributed by atoms with Crippen molar-refractivity contribution in [3.63, 3.8) is 0 Å². The summed E-state index contributed by atoms with van der Waals surface area (Å²) in [6, 6.07) is 13.9. The second-order valence-electron chi connectivity index (χ2n) is 4.57. The third-order valence-electron chi connectivity index (χ3n) is 2.96. The van der Waals surface area contributed by atoms with Crippen molar-refractivity contribution in [2.75, 3.05) is 5.32 Å². The van der Waals surface area contributed by atoms with Crippen LogP contribution in [0.4, 0.5) is 10.1 Å². The Hall–Kier alpha value is -3.53. The van der Waals surface area contributed by atoms with Gasteiger partial charge in [0.05, 0.1) is 11.6 Å². The summed E-state index contributed by atoms with van der Waals surface area (Å²) in [5, 5.41) is 18.8. The predicted octanol–water partition coefficient (Wildman–Crippen LogP) is 3.00. The third-order valence-corrected chi connectivity index (χ3v) is 2.96. The molecule has 1 aromatic heterocycles. The van der Waals surface area contributed by atoms with Crippen LogP contribution in [0.1, 0.15) is 16.2 Å². The van der Waals surface area contributed by atoms with Crippen LogP contribution in [0, 0.1) is 17.1 Å². The fourth-order valence-corrected chi connectivity index (χ4v) is 1.88. The third kappa shape index (κ3) is 3.22. The molecule has 0 bridgehead atoms. The number of nitrogens with zero attached hydrogens (tertiary/aromatic N) is 3. The molecular formula is C16H9FN4O2. The normalized spacial score (nSPS) is 10.1. The fourth-order valence-electron chi connectivity index (χ4n) is 1.88. The molecule has 7 heteroatoms. The summed E-state index contributed by atoms with van der Waals surface area (Å²) in [4.78, 5) is 12.1. The zero-order valence-corrected chi connectivity index (χ0v) is 11.7. The van der Waals surface area contributed by atoms with Gasteiger partial charge < -0.3 is 9.73 Å². The largest absolute Gasteiger partial charge is 0.412 e. The lowest BCUT2D eigenvalue weighted by atomic mass is 10.2. The van der Waals surface area contributed by atoms with E-state index in [1.807, 2.05) is 6.07 Å². The summed E-state index contributed by atoms with van der Waals surface area (Å²) in [6.45, 7) is 0. The molecule has 23 heavy (non-hydrogen) atoms. The molecule has 6 nitrogen and oxygen atoms in total. The Morgan fingerprint density at radius 3 is 2.70 bits per heavy atom. The van der Waals surface area contributed by atoms with E-state index in [4.69, 9.17) is 9.68 Å². The zero-order valence-electron chi connectivity index (χ0n) is 11.7. The lowest BCUT2D eigenvalue weighted by Crippen LogP contribution is -2.12. The van der Waals surface area contributed by atoms with Gasteiger partial charge in [-0.25, -0.2) is 4.39 Å². The molecule has 0 fully saturated rings. The Bertz CT molecular complexity index is 897. The first kappa shape index (κ1) is 14.4. The van der Waals surface area contributed by atoms with E-state index in [9.17, 15) is 9.18 Å². The van der Waals surface area contributed by atoms with Crippen molar-refractivity contribution in [1.82, 2.24) is 10.2 Å². The van der Waals surface area contributed by atoms with E-state index in [0.29, 0.717) is 16.8 Å². The highest BCUT2D eigenvalue weighted by molar-refractivity contribution is 6.01. The highest BCUT2D eigenvalue weighted by Crippen LogP contribution is 2.19. The van der Waals surface area contributed by atoms with Crippen molar-refractivity contribution in [2.24, 2.45) is 0 Å². The van der Waals surface area contributed by atoms with E-state index in [1.165, 1.54) is 30.3 Å². The molecule has 0 saturated carbocycles. The van der Waals surface area contributed by atoms with Crippen molar-refractivity contribution in [3.05, 3.63) is 65.8 Å². The number of rotatable bonds is 3. The van der Waals surface area contributed by atoms with Crippen LogP contribution in [0.3, 0.4) is 0 Å². The molecular weight excluding hydrogens is 299 g/mol. The SMILES string of the molecule is N#Cc1cccc(NC(=O)c2nnc(-c3ccc(F)cc3)o2)c1. The molecule has 0 unspecified atom stereocenters. The van der Waals surface area contributed by atoms with E-state index in [0.717, 1.165) is 0 Å². The Labute approximate surface area is 130 Å². The number of anilines is 1. The Balaban J connectivity index is 1.78. The van der Waals surface area contributed by atoms with Gasteiger partial charge in [-0.05, 0) is 42.5 Å². The molecule has 112 valence electrons. The topological polar surface area (TPSA) is 91.8 Å². The van der Waals surface area contributed by atoms with Gasteiger partial charge in [-0.2, -0.15) is 5.26 Å². The maximum atomic E-state index is 12.9. The van der Waals surface area contributed by atoms with E-state index in [1.54, 1.807) is 18.2 Å². The first-order valence-corrected chi connectivity index (χ1v) is 6.56. The minimum absolute atomic E-state index is 0.112. The molecule has 0 saturated heterocycles. The summed E-state index contributed by atoms with van der Waals surface area (Å²) >= 11 is 0. The minimum atomic E-state index is -0.596. The van der Waals surface area contributed by atoms with Gasteiger partial charge in [0.2, 0.25) is 5.89 Å². The summed E-state index contributed by atoms with van der Waals surface area (Å²) in [6.07, 6.45) is 0. The number of hydrogen-bond donors (Lipinski definition) is 1. The molecule has 0 aliphatic rings. The predicted molar refractivity (Wildman–Crippen MR) is 78.8 cm³/mol. The molecule has 1 heterocycles. The molecule has 0 spiro atoms. The van der Waals surface area contributed by atoms with E-state index in [-0.39, 0.29) is 17.6 Å². The van der Waals surface area contributed by atoms with Crippen LogP contribution in [0.25, 0.3) is 11.5 Å². The van der Waals surface area contributed by atoms with Gasteiger partial charge in [-0.15, -0.1) is 10.2 Å². The number of carbonyl (C=O) groups is 1. The Kier molecular flexibility index (Phi) is 3.80. The number of hydrogen-bond acceptors (Lipinski definition) is 5. The van der Waals surface area contributed by atoms with Crippen LogP contribution in [-0.4, -0.2) is 16.1 Å². The molecule has 1 N–H and O–H groups in total. The van der Waals surface area contributed by atoms with Crippen LogP contribution in [0.2, 0.25) is 0 Å². The van der Waals surface area contributed by atoms with Crippen molar-refractivity contribution in [2.45, 2.75) is 0 Å². The second-order valence-corrected chi connectivity index (χ2v) is 4.57. The lowest BCUT2D eigenvalue weighted by Gasteiger charge is -2.01. The average molecular weight is 308 g/mol. The van der Waals surface area contributed by atoms with Crippen LogP contribution < -0.4 is 5.32 Å². The number of aromatic nitrogens is 2. The van der Waals surface area contributed by atoms with E-state index >= 15 is 0 Å². The van der Waals surface area contributed by atoms with Gasteiger partial charge >= 0.3 is 11.8 Å². The maximum absolute atomic E-state index is 12.9. The van der Waals surface area contributed by atoms with Gasteiger partial charge in [0.15, 0.2) is 0 Å². The summed E-state index contributed by atoms with van der Waals surface area (Å²) in [5.41, 5.74) is 1.36. The molecule has 0 aliphatic heterocycles. The fraction of sp³-hybridized carbons (Fsp3) is 0. The van der Waals surface area contributed by atoms with E-state index in [2.05, 4.69) is 15.5 Å². The number of nitriles is 1. The number of nitrogens with one attached hydrogen (secondary N) is 1. The molecule has 0 atom stereocenters. The lowest BCUT2D eigenvalue weighted by molar-refractivity contribution is 0.0991. The number of amides is 1. The van der Waals surface area contributed by atoms with Gasteiger partial charge in [-0.3, -0.25) is 4.79 Å². The molecule has 1 amide bonds. The zero-order chi connectivity index (χ0) is 16.2. The highest BCUT2D eigenvalue weighted by Gasteiger charge is 2.16. The molecule has 2 aromatic carbocycles. The first-order valence-electron chi connectivity index (χ1n) is 6.56. The van der Waals surface area contributed by atoms with Gasteiger partial charge in [0.1, 0.15) is 5.82 Å². The van der Waals surface area contributed by atoms with Crippen molar-refractivity contribution < 1.29 is 13.6 Å². The van der Waals surface area contributed by atoms with Gasteiger partial charge in [-0.1, -0.05) is 6.07 Å². The Morgan fingerprint density at radius 2 is 1.96 bits per heavy atom. The van der Waals surface area contributed by atoms with Gasteiger partial charge in [0.25, 0.3) is 0 Å². The summed E-state index contributed by atoms with van der Waals surface area (Å²) < 4.78 is 18.2. The van der Waals surface area contributed by atoms with Crippen molar-refractivity contribution >= 4 is 11.6 Å². The number of halogens is 1. The highest BCUT2D eigenvalue weighted by atomic mass is 19.1. The summed E-state index contributed by atoms with van der Waals surface area (Å²) in [7, 11) is 0. The number of benzene rings is 2. The van der Waals surface area contributed by atoms with Crippen LogP contribution in [0.5, 0.6) is 0 Å². The maximum Gasteiger partial charge on any atom is 0.313 e. The monoisotopic (exact) mass is 308 g/mol. The minimum Gasteiger partial charge on any atom is -0.412 e. The van der Waals surface area contributed by atoms with E-state index < -0.39 is 5.91 Å². The van der Waals surface area contributed by atoms with Crippen LogP contribution in [0.15, 0.2) is 52.9 Å². The second kappa shape index (κ2) is 6.07. The van der Waals surface area contributed by atoms with Crippen molar-refractivity contribution in [1.29, 1.82) is 5.26 Å². The first-order chi connectivity index (χ1) is 11.2. The van der Waals surface area contributed by atoms with Gasteiger partial charge in [0, 0.05) is 11.3 Å². The average Bonchev–Trinajstić information content (AvgIpc) is 3.06. The smallest absolute Gasteiger partial charge is 0.313 e. The summed E-state index contributed by atoms with van der Waals surface area (Å²) in [5.74, 6) is -1.10. The Morgan fingerprint density at radius 1 is 1.17 bits per heavy atom. The molecule has 0 radical (unpaired) electrons. The van der Waals surface area contributed by atoms with Crippen LogP contribution in [-0.2, 0) is 0 Å². The van der Waals surface area contributed by atoms with Crippen molar-refractivity contribution in [3.8, 4) is 17.5 Å². The standard InChI is InChI=1S/C16H9FN4O2/c17-12-6-4-11(5-7-12)15-20-21-16(23-15)14(22)19-13-3-1-2-10(8-13)9-18/h1-8H,(H,19,22). The molecule has 3 aromatic rings.